The molecule has 25 heavy (non-hydrogen) atoms. The molecule has 2 saturated heterocycles. The highest BCUT2D eigenvalue weighted by atomic mass is 16.6. The molecular formula is C18H21N3O4. The largest absolute Gasteiger partial charge is 0.465 e. The van der Waals surface area contributed by atoms with E-state index >= 15 is 0 Å². The van der Waals surface area contributed by atoms with Crippen LogP contribution < -0.4 is 4.90 Å². The van der Waals surface area contributed by atoms with Crippen LogP contribution in [0.5, 0.6) is 0 Å². The highest BCUT2D eigenvalue weighted by Crippen LogP contribution is 2.25. The first kappa shape index (κ1) is 17.2. The Morgan fingerprint density at radius 1 is 1.40 bits per heavy atom. The fourth-order valence-corrected chi connectivity index (χ4v) is 3.35. The molecule has 1 aromatic rings. The van der Waals surface area contributed by atoms with Gasteiger partial charge in [-0.25, -0.2) is 4.79 Å². The average molecular weight is 343 g/mol. The zero-order valence-corrected chi connectivity index (χ0v) is 14.2. The van der Waals surface area contributed by atoms with E-state index in [1.807, 2.05) is 4.90 Å². The number of hydrogen-bond donors (Lipinski definition) is 0. The zero-order valence-electron chi connectivity index (χ0n) is 14.2. The fraction of sp³-hybridized carbons (Fsp3) is 0.500. The number of nitrogens with zero attached hydrogens (tertiary/aromatic N) is 3. The van der Waals surface area contributed by atoms with Crippen LogP contribution in [0.25, 0.3) is 0 Å². The summed E-state index contributed by atoms with van der Waals surface area (Å²) in [4.78, 5) is 27.8. The molecule has 132 valence electrons. The van der Waals surface area contributed by atoms with E-state index < -0.39 is 6.09 Å². The van der Waals surface area contributed by atoms with Crippen molar-refractivity contribution < 1.29 is 19.1 Å². The molecule has 2 unspecified atom stereocenters. The Balaban J connectivity index is 1.62. The molecule has 3 rings (SSSR count). The van der Waals surface area contributed by atoms with Crippen LogP contribution in [0.3, 0.4) is 0 Å². The molecule has 2 atom stereocenters. The predicted molar refractivity (Wildman–Crippen MR) is 90.0 cm³/mol. The van der Waals surface area contributed by atoms with Crippen LogP contribution in [-0.2, 0) is 14.3 Å². The van der Waals surface area contributed by atoms with Gasteiger partial charge < -0.3 is 9.47 Å². The van der Waals surface area contributed by atoms with Crippen LogP contribution in [0, 0.1) is 11.3 Å². The minimum Gasteiger partial charge on any atom is -0.465 e. The molecule has 0 aromatic heterocycles. The Hall–Kier alpha value is -2.59. The average Bonchev–Trinajstić information content (AvgIpc) is 3.22. The molecular weight excluding hydrogens is 322 g/mol. The molecule has 2 aliphatic rings. The Kier molecular flexibility index (Phi) is 5.19. The molecule has 0 aliphatic carbocycles. The van der Waals surface area contributed by atoms with Crippen LogP contribution in [-0.4, -0.2) is 55.3 Å². The summed E-state index contributed by atoms with van der Waals surface area (Å²) >= 11 is 0. The van der Waals surface area contributed by atoms with Gasteiger partial charge in [0.2, 0.25) is 0 Å². The lowest BCUT2D eigenvalue weighted by atomic mass is 10.2. The molecule has 1 aromatic carbocycles. The van der Waals surface area contributed by atoms with E-state index in [2.05, 4.69) is 6.07 Å². The molecule has 7 heteroatoms. The Labute approximate surface area is 146 Å². The molecule has 7 nitrogen and oxygen atoms in total. The van der Waals surface area contributed by atoms with Gasteiger partial charge >= 0.3 is 12.1 Å². The van der Waals surface area contributed by atoms with Crippen molar-refractivity contribution in [3.05, 3.63) is 29.8 Å². The second-order valence-corrected chi connectivity index (χ2v) is 6.18. The predicted octanol–water partition coefficient (Wildman–Crippen LogP) is 1.91. The van der Waals surface area contributed by atoms with Crippen LogP contribution in [0.2, 0.25) is 0 Å². The van der Waals surface area contributed by atoms with Crippen molar-refractivity contribution in [1.82, 2.24) is 4.90 Å². The summed E-state index contributed by atoms with van der Waals surface area (Å²) in [5.41, 5.74) is 1.25. The highest BCUT2D eigenvalue weighted by molar-refractivity contribution is 5.89. The first-order valence-corrected chi connectivity index (χ1v) is 8.51. The SMILES string of the molecule is CCOC(=O)C1CCCN1CC1CN(c2ccc(C#N)cc2)C(=O)O1. The van der Waals surface area contributed by atoms with Crippen LogP contribution in [0.1, 0.15) is 25.3 Å². The number of carbonyl (C=O) groups excluding carboxylic acids is 2. The van der Waals surface area contributed by atoms with E-state index in [0.717, 1.165) is 19.4 Å². The number of carbonyl (C=O) groups is 2. The lowest BCUT2D eigenvalue weighted by Crippen LogP contribution is -2.42. The standard InChI is InChI=1S/C18H21N3O4/c1-2-24-17(22)16-4-3-9-20(16)11-15-12-21(18(23)25-15)14-7-5-13(10-19)6-8-14/h5-8,15-16H,2-4,9,11-12H2,1H3. The fourth-order valence-electron chi connectivity index (χ4n) is 3.35. The first-order valence-electron chi connectivity index (χ1n) is 8.51. The quantitative estimate of drug-likeness (QED) is 0.760. The molecule has 0 radical (unpaired) electrons. The molecule has 0 bridgehead atoms. The Bertz CT molecular complexity index is 683. The van der Waals surface area contributed by atoms with E-state index in [0.29, 0.717) is 30.9 Å². The maximum absolute atomic E-state index is 12.2. The topological polar surface area (TPSA) is 82.9 Å². The monoisotopic (exact) mass is 343 g/mol. The third kappa shape index (κ3) is 3.74. The number of esters is 1. The van der Waals surface area contributed by atoms with E-state index in [1.165, 1.54) is 0 Å². The maximum atomic E-state index is 12.2. The number of benzene rings is 1. The van der Waals surface area contributed by atoms with Crippen molar-refractivity contribution in [2.75, 3.05) is 31.1 Å². The number of hydrogen-bond acceptors (Lipinski definition) is 6. The minimum atomic E-state index is -0.401. The zero-order chi connectivity index (χ0) is 17.8. The van der Waals surface area contributed by atoms with Gasteiger partial charge in [-0.3, -0.25) is 14.6 Å². The van der Waals surface area contributed by atoms with Gasteiger partial charge in [-0.2, -0.15) is 5.26 Å². The summed E-state index contributed by atoms with van der Waals surface area (Å²) in [6.07, 6.45) is 1.02. The number of likely N-dealkylation sites (tertiary alicyclic amines) is 1. The van der Waals surface area contributed by atoms with Gasteiger partial charge in [0, 0.05) is 12.2 Å². The summed E-state index contributed by atoms with van der Waals surface area (Å²) in [5.74, 6) is -0.201. The van der Waals surface area contributed by atoms with Gasteiger partial charge in [-0.05, 0) is 50.6 Å². The van der Waals surface area contributed by atoms with Gasteiger partial charge in [-0.15, -0.1) is 0 Å². The number of ether oxygens (including phenoxy) is 2. The van der Waals surface area contributed by atoms with Crippen LogP contribution in [0.15, 0.2) is 24.3 Å². The highest BCUT2D eigenvalue weighted by Gasteiger charge is 2.38. The van der Waals surface area contributed by atoms with Gasteiger partial charge in [0.05, 0.1) is 24.8 Å². The van der Waals surface area contributed by atoms with Gasteiger partial charge in [0.1, 0.15) is 12.1 Å². The van der Waals surface area contributed by atoms with Crippen molar-refractivity contribution in [3.8, 4) is 6.07 Å². The summed E-state index contributed by atoms with van der Waals surface area (Å²) in [6.45, 7) is 3.91. The molecule has 0 spiro atoms. The Morgan fingerprint density at radius 3 is 2.84 bits per heavy atom. The Morgan fingerprint density at radius 2 is 2.16 bits per heavy atom. The van der Waals surface area contributed by atoms with Crippen LogP contribution >= 0.6 is 0 Å². The number of rotatable bonds is 5. The molecule has 1 amide bonds. The molecule has 0 saturated carbocycles. The number of amides is 1. The lowest BCUT2D eigenvalue weighted by Gasteiger charge is -2.24. The maximum Gasteiger partial charge on any atom is 0.414 e. The van der Waals surface area contributed by atoms with Gasteiger partial charge in [0.15, 0.2) is 0 Å². The van der Waals surface area contributed by atoms with Crippen molar-refractivity contribution in [2.24, 2.45) is 0 Å². The first-order chi connectivity index (χ1) is 12.1. The number of cyclic esters (lactones) is 1. The number of anilines is 1. The second kappa shape index (κ2) is 7.53. The van der Waals surface area contributed by atoms with E-state index in [9.17, 15) is 9.59 Å². The molecule has 0 N–H and O–H groups in total. The number of nitriles is 1. The molecule has 2 fully saturated rings. The van der Waals surface area contributed by atoms with Gasteiger partial charge in [0.25, 0.3) is 0 Å². The van der Waals surface area contributed by atoms with Crippen molar-refractivity contribution in [1.29, 1.82) is 5.26 Å². The summed E-state index contributed by atoms with van der Waals surface area (Å²) in [6, 6.07) is 8.62. The van der Waals surface area contributed by atoms with Crippen molar-refractivity contribution >= 4 is 17.7 Å². The molecule has 2 heterocycles. The summed E-state index contributed by atoms with van der Waals surface area (Å²) < 4.78 is 10.6. The molecule has 2 aliphatic heterocycles. The second-order valence-electron chi connectivity index (χ2n) is 6.18. The van der Waals surface area contributed by atoms with E-state index in [1.54, 1.807) is 36.1 Å². The van der Waals surface area contributed by atoms with Crippen LogP contribution in [0.4, 0.5) is 10.5 Å². The van der Waals surface area contributed by atoms with E-state index in [-0.39, 0.29) is 18.1 Å². The van der Waals surface area contributed by atoms with Gasteiger partial charge in [-0.1, -0.05) is 0 Å². The third-order valence-corrected chi connectivity index (χ3v) is 4.54. The van der Waals surface area contributed by atoms with Crippen molar-refractivity contribution in [3.63, 3.8) is 0 Å². The summed E-state index contributed by atoms with van der Waals surface area (Å²) in [5, 5.41) is 8.86. The summed E-state index contributed by atoms with van der Waals surface area (Å²) in [7, 11) is 0. The normalized spacial score (nSPS) is 23.4. The lowest BCUT2D eigenvalue weighted by molar-refractivity contribution is -0.148. The minimum absolute atomic E-state index is 0.201. The smallest absolute Gasteiger partial charge is 0.414 e. The third-order valence-electron chi connectivity index (χ3n) is 4.54. The van der Waals surface area contributed by atoms with E-state index in [4.69, 9.17) is 14.7 Å². The van der Waals surface area contributed by atoms with Crippen molar-refractivity contribution in [2.45, 2.75) is 31.9 Å².